The van der Waals surface area contributed by atoms with E-state index in [9.17, 15) is 8.42 Å². The fraction of sp³-hybridized carbons (Fsp3) is 0.133. The molecule has 2 rings (SSSR count). The van der Waals surface area contributed by atoms with E-state index in [1.54, 1.807) is 30.3 Å². The minimum absolute atomic E-state index is 0.130. The smallest absolute Gasteiger partial charge is 0.276 e. The van der Waals surface area contributed by atoms with Crippen molar-refractivity contribution in [1.29, 1.82) is 0 Å². The second kappa shape index (κ2) is 7.47. The van der Waals surface area contributed by atoms with E-state index >= 15 is 0 Å². The van der Waals surface area contributed by atoms with E-state index < -0.39 is 10.0 Å². The maximum absolute atomic E-state index is 12.1. The van der Waals surface area contributed by atoms with Crippen LogP contribution in [0.25, 0.3) is 0 Å². The lowest BCUT2D eigenvalue weighted by Crippen LogP contribution is -2.18. The maximum atomic E-state index is 12.1. The molecule has 0 bridgehead atoms. The SMILES string of the molecule is COc1ccc(C=NNS(=O)(=O)c2ccc(Br)cc2)cc1OC. The number of nitrogens with zero attached hydrogens (tertiary/aromatic N) is 1. The summed E-state index contributed by atoms with van der Waals surface area (Å²) in [5, 5.41) is 3.77. The molecule has 0 amide bonds. The van der Waals surface area contributed by atoms with Crippen LogP contribution in [-0.2, 0) is 10.0 Å². The Morgan fingerprint density at radius 3 is 2.30 bits per heavy atom. The van der Waals surface area contributed by atoms with Gasteiger partial charge in [-0.2, -0.15) is 13.5 Å². The number of ether oxygens (including phenoxy) is 2. The molecule has 0 heterocycles. The molecule has 0 saturated heterocycles. The summed E-state index contributed by atoms with van der Waals surface area (Å²) in [6.45, 7) is 0. The predicted octanol–water partition coefficient (Wildman–Crippen LogP) is 2.78. The monoisotopic (exact) mass is 398 g/mol. The summed E-state index contributed by atoms with van der Waals surface area (Å²) >= 11 is 3.25. The lowest BCUT2D eigenvalue weighted by molar-refractivity contribution is 0.355. The number of halogens is 1. The van der Waals surface area contributed by atoms with Crippen LogP contribution in [0.3, 0.4) is 0 Å². The van der Waals surface area contributed by atoms with Gasteiger partial charge in [-0.25, -0.2) is 4.83 Å². The second-order valence-corrected chi connectivity index (χ2v) is 7.00. The maximum Gasteiger partial charge on any atom is 0.276 e. The van der Waals surface area contributed by atoms with E-state index in [0.717, 1.165) is 4.47 Å². The zero-order valence-corrected chi connectivity index (χ0v) is 14.9. The fourth-order valence-corrected chi connectivity index (χ4v) is 2.83. The molecule has 0 spiro atoms. The molecule has 0 saturated carbocycles. The molecule has 0 aromatic heterocycles. The Morgan fingerprint density at radius 1 is 1.04 bits per heavy atom. The first-order valence-corrected chi connectivity index (χ1v) is 8.76. The predicted molar refractivity (Wildman–Crippen MR) is 91.6 cm³/mol. The van der Waals surface area contributed by atoms with E-state index in [-0.39, 0.29) is 4.90 Å². The van der Waals surface area contributed by atoms with Crippen LogP contribution in [0.5, 0.6) is 11.5 Å². The third-order valence-electron chi connectivity index (χ3n) is 2.92. The van der Waals surface area contributed by atoms with E-state index in [2.05, 4.69) is 25.9 Å². The Bertz CT molecular complexity index is 805. The third kappa shape index (κ3) is 4.46. The van der Waals surface area contributed by atoms with Gasteiger partial charge in [0, 0.05) is 4.47 Å². The Labute approximate surface area is 143 Å². The minimum Gasteiger partial charge on any atom is -0.493 e. The number of hydrogen-bond acceptors (Lipinski definition) is 5. The van der Waals surface area contributed by atoms with Gasteiger partial charge in [-0.1, -0.05) is 15.9 Å². The number of rotatable bonds is 6. The molecule has 0 fully saturated rings. The molecule has 8 heteroatoms. The number of hydrogen-bond donors (Lipinski definition) is 1. The van der Waals surface area contributed by atoms with Crippen molar-refractivity contribution in [3.05, 3.63) is 52.5 Å². The van der Waals surface area contributed by atoms with Crippen molar-refractivity contribution in [1.82, 2.24) is 4.83 Å². The van der Waals surface area contributed by atoms with Gasteiger partial charge < -0.3 is 9.47 Å². The van der Waals surface area contributed by atoms with Crippen LogP contribution < -0.4 is 14.3 Å². The normalized spacial score (nSPS) is 11.4. The lowest BCUT2D eigenvalue weighted by Gasteiger charge is -2.07. The van der Waals surface area contributed by atoms with Gasteiger partial charge in [0.15, 0.2) is 11.5 Å². The highest BCUT2D eigenvalue weighted by Gasteiger charge is 2.12. The van der Waals surface area contributed by atoms with Crippen LogP contribution in [0.2, 0.25) is 0 Å². The first kappa shape index (κ1) is 17.3. The summed E-state index contributed by atoms with van der Waals surface area (Å²) in [5.74, 6) is 1.12. The van der Waals surface area contributed by atoms with E-state index in [4.69, 9.17) is 9.47 Å². The van der Waals surface area contributed by atoms with Crippen molar-refractivity contribution < 1.29 is 17.9 Å². The van der Waals surface area contributed by atoms with Crippen LogP contribution in [0, 0.1) is 0 Å². The molecule has 0 unspecified atom stereocenters. The largest absolute Gasteiger partial charge is 0.493 e. The molecule has 0 aliphatic rings. The molecular weight excluding hydrogens is 384 g/mol. The first-order valence-electron chi connectivity index (χ1n) is 6.49. The highest BCUT2D eigenvalue weighted by atomic mass is 79.9. The van der Waals surface area contributed by atoms with Crippen molar-refractivity contribution >= 4 is 32.2 Å². The lowest BCUT2D eigenvalue weighted by atomic mass is 10.2. The quantitative estimate of drug-likeness (QED) is 0.599. The van der Waals surface area contributed by atoms with Crippen LogP contribution in [0.1, 0.15) is 5.56 Å². The Balaban J connectivity index is 2.13. The molecule has 2 aromatic carbocycles. The molecule has 6 nitrogen and oxygen atoms in total. The highest BCUT2D eigenvalue weighted by Crippen LogP contribution is 2.26. The van der Waals surface area contributed by atoms with Crippen molar-refractivity contribution in [2.75, 3.05) is 14.2 Å². The number of hydrazone groups is 1. The Kier molecular flexibility index (Phi) is 5.62. The summed E-state index contributed by atoms with van der Waals surface area (Å²) < 4.78 is 35.2. The molecule has 2 aromatic rings. The Hall–Kier alpha value is -2.06. The zero-order chi connectivity index (χ0) is 16.9. The average Bonchev–Trinajstić information content (AvgIpc) is 2.55. The molecule has 0 aliphatic carbocycles. The molecule has 0 radical (unpaired) electrons. The van der Waals surface area contributed by atoms with Crippen LogP contribution >= 0.6 is 15.9 Å². The third-order valence-corrected chi connectivity index (χ3v) is 4.69. The zero-order valence-electron chi connectivity index (χ0n) is 12.5. The fourth-order valence-electron chi connectivity index (χ4n) is 1.77. The standard InChI is InChI=1S/C15H15BrN2O4S/c1-21-14-8-3-11(9-15(14)22-2)10-17-18-23(19,20)13-6-4-12(16)5-7-13/h3-10,18H,1-2H3. The van der Waals surface area contributed by atoms with E-state index in [1.807, 2.05) is 0 Å². The highest BCUT2D eigenvalue weighted by molar-refractivity contribution is 9.10. The summed E-state index contributed by atoms with van der Waals surface area (Å²) in [6, 6.07) is 11.4. The summed E-state index contributed by atoms with van der Waals surface area (Å²) in [6.07, 6.45) is 1.39. The van der Waals surface area contributed by atoms with Gasteiger partial charge in [0.25, 0.3) is 10.0 Å². The molecule has 1 N–H and O–H groups in total. The number of nitrogens with one attached hydrogen (secondary N) is 1. The van der Waals surface area contributed by atoms with Crippen LogP contribution in [-0.4, -0.2) is 28.9 Å². The number of benzene rings is 2. The van der Waals surface area contributed by atoms with Crippen molar-refractivity contribution in [2.45, 2.75) is 4.90 Å². The van der Waals surface area contributed by atoms with E-state index in [1.165, 1.54) is 32.6 Å². The molecule has 0 aliphatic heterocycles. The van der Waals surface area contributed by atoms with Gasteiger partial charge in [-0.3, -0.25) is 0 Å². The van der Waals surface area contributed by atoms with Gasteiger partial charge in [0.05, 0.1) is 25.3 Å². The van der Waals surface area contributed by atoms with Gasteiger partial charge in [0.2, 0.25) is 0 Å². The van der Waals surface area contributed by atoms with E-state index in [0.29, 0.717) is 17.1 Å². The van der Waals surface area contributed by atoms with Crippen molar-refractivity contribution in [3.63, 3.8) is 0 Å². The summed E-state index contributed by atoms with van der Waals surface area (Å²) in [4.78, 5) is 2.29. The van der Waals surface area contributed by atoms with Crippen molar-refractivity contribution in [2.24, 2.45) is 5.10 Å². The van der Waals surface area contributed by atoms with Gasteiger partial charge in [-0.15, -0.1) is 0 Å². The van der Waals surface area contributed by atoms with Gasteiger partial charge in [0.1, 0.15) is 0 Å². The van der Waals surface area contributed by atoms with Crippen LogP contribution in [0.4, 0.5) is 0 Å². The average molecular weight is 399 g/mol. The van der Waals surface area contributed by atoms with Crippen molar-refractivity contribution in [3.8, 4) is 11.5 Å². The molecule has 122 valence electrons. The Morgan fingerprint density at radius 2 is 1.70 bits per heavy atom. The minimum atomic E-state index is -3.70. The first-order chi connectivity index (χ1) is 11.0. The summed E-state index contributed by atoms with van der Waals surface area (Å²) in [5.41, 5.74) is 0.668. The molecular formula is C15H15BrN2O4S. The second-order valence-electron chi connectivity index (χ2n) is 4.42. The molecule has 0 atom stereocenters. The number of sulfonamides is 1. The topological polar surface area (TPSA) is 77.0 Å². The van der Waals surface area contributed by atoms with Gasteiger partial charge in [-0.05, 0) is 48.0 Å². The number of methoxy groups -OCH3 is 2. The molecule has 23 heavy (non-hydrogen) atoms. The van der Waals surface area contributed by atoms with Crippen LogP contribution in [0.15, 0.2) is 56.9 Å². The van der Waals surface area contributed by atoms with Gasteiger partial charge >= 0.3 is 0 Å². The summed E-state index contributed by atoms with van der Waals surface area (Å²) in [7, 11) is -0.638.